The molecule has 1 heterocycles. The maximum absolute atomic E-state index is 12.3. The van der Waals surface area contributed by atoms with Crippen molar-refractivity contribution in [3.05, 3.63) is 45.2 Å². The third kappa shape index (κ3) is 2.71. The standard InChI is InChI=1S/C16H22N2O/c1-11-8-12(2)15-14(9-11)10-13(6-4-5-7-17)16(19)18(15)3/h8-10H,4-7,17H2,1-3H3. The second-order valence-corrected chi connectivity index (χ2v) is 5.30. The molecule has 2 rings (SSSR count). The van der Waals surface area contributed by atoms with E-state index in [1.807, 2.05) is 13.1 Å². The Morgan fingerprint density at radius 3 is 2.58 bits per heavy atom. The van der Waals surface area contributed by atoms with Crippen LogP contribution in [0.15, 0.2) is 23.0 Å². The summed E-state index contributed by atoms with van der Waals surface area (Å²) >= 11 is 0. The van der Waals surface area contributed by atoms with Gasteiger partial charge in [-0.05, 0) is 62.7 Å². The molecule has 0 radical (unpaired) electrons. The third-order valence-electron chi connectivity index (χ3n) is 3.62. The third-order valence-corrected chi connectivity index (χ3v) is 3.62. The first-order chi connectivity index (χ1) is 9.04. The lowest BCUT2D eigenvalue weighted by Gasteiger charge is -2.12. The fourth-order valence-electron chi connectivity index (χ4n) is 2.77. The highest BCUT2D eigenvalue weighted by Crippen LogP contribution is 2.20. The van der Waals surface area contributed by atoms with Crippen molar-refractivity contribution < 1.29 is 0 Å². The Morgan fingerprint density at radius 2 is 1.89 bits per heavy atom. The zero-order chi connectivity index (χ0) is 14.0. The molecule has 0 aliphatic carbocycles. The van der Waals surface area contributed by atoms with Crippen LogP contribution in [0, 0.1) is 13.8 Å². The summed E-state index contributed by atoms with van der Waals surface area (Å²) in [5, 5.41) is 1.15. The topological polar surface area (TPSA) is 48.0 Å². The van der Waals surface area contributed by atoms with Crippen molar-refractivity contribution in [2.75, 3.05) is 6.54 Å². The summed E-state index contributed by atoms with van der Waals surface area (Å²) in [7, 11) is 1.86. The first-order valence-electron chi connectivity index (χ1n) is 6.84. The van der Waals surface area contributed by atoms with Gasteiger partial charge in [0, 0.05) is 12.6 Å². The summed E-state index contributed by atoms with van der Waals surface area (Å²) < 4.78 is 1.78. The Bertz CT molecular complexity index is 656. The molecule has 0 amide bonds. The monoisotopic (exact) mass is 258 g/mol. The largest absolute Gasteiger partial charge is 0.330 e. The van der Waals surface area contributed by atoms with Crippen LogP contribution >= 0.6 is 0 Å². The SMILES string of the molecule is Cc1cc(C)c2c(c1)cc(CCCCN)c(=O)n2C. The highest BCUT2D eigenvalue weighted by Gasteiger charge is 2.09. The molecular weight excluding hydrogens is 236 g/mol. The minimum atomic E-state index is 0.122. The Hall–Kier alpha value is -1.61. The number of pyridine rings is 1. The van der Waals surface area contributed by atoms with Gasteiger partial charge in [0.15, 0.2) is 0 Å². The predicted molar refractivity (Wildman–Crippen MR) is 80.7 cm³/mol. The van der Waals surface area contributed by atoms with E-state index < -0.39 is 0 Å². The van der Waals surface area contributed by atoms with E-state index >= 15 is 0 Å². The molecule has 0 aliphatic rings. The number of unbranched alkanes of at least 4 members (excludes halogenated alkanes) is 1. The molecule has 3 nitrogen and oxygen atoms in total. The summed E-state index contributed by atoms with van der Waals surface area (Å²) in [6, 6.07) is 6.32. The molecule has 0 spiro atoms. The maximum atomic E-state index is 12.3. The van der Waals surface area contributed by atoms with Crippen molar-refractivity contribution in [1.82, 2.24) is 4.57 Å². The Morgan fingerprint density at radius 1 is 1.16 bits per heavy atom. The number of rotatable bonds is 4. The highest BCUT2D eigenvalue weighted by atomic mass is 16.1. The Kier molecular flexibility index (Phi) is 4.05. The molecule has 0 unspecified atom stereocenters. The highest BCUT2D eigenvalue weighted by molar-refractivity contribution is 5.83. The number of aryl methyl sites for hydroxylation is 4. The van der Waals surface area contributed by atoms with Gasteiger partial charge in [0.2, 0.25) is 0 Å². The molecule has 0 bridgehead atoms. The number of nitrogens with two attached hydrogens (primary N) is 1. The van der Waals surface area contributed by atoms with Crippen LogP contribution in [0.4, 0.5) is 0 Å². The van der Waals surface area contributed by atoms with Crippen molar-refractivity contribution in [2.24, 2.45) is 12.8 Å². The first kappa shape index (κ1) is 13.8. The number of nitrogens with zero attached hydrogens (tertiary/aromatic N) is 1. The minimum Gasteiger partial charge on any atom is -0.330 e. The lowest BCUT2D eigenvalue weighted by molar-refractivity contribution is 0.732. The van der Waals surface area contributed by atoms with Crippen LogP contribution in [0.5, 0.6) is 0 Å². The maximum Gasteiger partial charge on any atom is 0.253 e. The van der Waals surface area contributed by atoms with Gasteiger partial charge in [-0.2, -0.15) is 0 Å². The molecule has 0 atom stereocenters. The summed E-state index contributed by atoms with van der Waals surface area (Å²) in [5.74, 6) is 0. The smallest absolute Gasteiger partial charge is 0.253 e. The van der Waals surface area contributed by atoms with Crippen molar-refractivity contribution in [2.45, 2.75) is 33.1 Å². The number of aromatic nitrogens is 1. The van der Waals surface area contributed by atoms with Crippen LogP contribution in [-0.2, 0) is 13.5 Å². The fraction of sp³-hybridized carbons (Fsp3) is 0.438. The van der Waals surface area contributed by atoms with Crippen LogP contribution in [0.1, 0.15) is 29.5 Å². The fourth-order valence-corrected chi connectivity index (χ4v) is 2.77. The van der Waals surface area contributed by atoms with Gasteiger partial charge in [-0.3, -0.25) is 4.79 Å². The second kappa shape index (κ2) is 5.57. The molecule has 102 valence electrons. The van der Waals surface area contributed by atoms with E-state index in [4.69, 9.17) is 5.73 Å². The lowest BCUT2D eigenvalue weighted by Crippen LogP contribution is -2.22. The van der Waals surface area contributed by atoms with Gasteiger partial charge in [0.25, 0.3) is 5.56 Å². The molecule has 2 N–H and O–H groups in total. The van der Waals surface area contributed by atoms with Crippen molar-refractivity contribution >= 4 is 10.9 Å². The number of fused-ring (bicyclic) bond motifs is 1. The molecule has 0 aliphatic heterocycles. The quantitative estimate of drug-likeness (QED) is 0.856. The molecular formula is C16H22N2O. The zero-order valence-electron chi connectivity index (χ0n) is 12.0. The van der Waals surface area contributed by atoms with Crippen molar-refractivity contribution in [3.63, 3.8) is 0 Å². The van der Waals surface area contributed by atoms with Crippen molar-refractivity contribution in [1.29, 1.82) is 0 Å². The summed E-state index contributed by atoms with van der Waals surface area (Å²) in [4.78, 5) is 12.3. The van der Waals surface area contributed by atoms with Crippen molar-refractivity contribution in [3.8, 4) is 0 Å². The molecule has 3 heteroatoms. The Balaban J connectivity index is 2.56. The number of hydrogen-bond acceptors (Lipinski definition) is 2. The minimum absolute atomic E-state index is 0.122. The van der Waals surface area contributed by atoms with Crippen LogP contribution < -0.4 is 11.3 Å². The van der Waals surface area contributed by atoms with Gasteiger partial charge in [0.1, 0.15) is 0 Å². The normalized spacial score (nSPS) is 11.2. The van der Waals surface area contributed by atoms with Crippen LogP contribution in [0.25, 0.3) is 10.9 Å². The van der Waals surface area contributed by atoms with E-state index in [1.54, 1.807) is 4.57 Å². The second-order valence-electron chi connectivity index (χ2n) is 5.30. The molecule has 0 fully saturated rings. The molecule has 1 aromatic carbocycles. The van der Waals surface area contributed by atoms with Gasteiger partial charge in [-0.1, -0.05) is 11.6 Å². The van der Waals surface area contributed by atoms with E-state index in [0.717, 1.165) is 41.3 Å². The van der Waals surface area contributed by atoms with Gasteiger partial charge < -0.3 is 10.3 Å². The average Bonchev–Trinajstić information content (AvgIpc) is 2.34. The molecule has 2 aromatic rings. The van der Waals surface area contributed by atoms with E-state index in [-0.39, 0.29) is 5.56 Å². The number of benzene rings is 1. The zero-order valence-corrected chi connectivity index (χ0v) is 12.0. The Labute approximate surface area is 114 Å². The summed E-state index contributed by atoms with van der Waals surface area (Å²) in [5.41, 5.74) is 9.95. The van der Waals surface area contributed by atoms with Crippen LogP contribution in [-0.4, -0.2) is 11.1 Å². The molecule has 0 saturated carbocycles. The first-order valence-corrected chi connectivity index (χ1v) is 6.84. The summed E-state index contributed by atoms with van der Waals surface area (Å²) in [6.45, 7) is 4.83. The van der Waals surface area contributed by atoms with Gasteiger partial charge >= 0.3 is 0 Å². The summed E-state index contributed by atoms with van der Waals surface area (Å²) in [6.07, 6.45) is 2.75. The number of hydrogen-bond donors (Lipinski definition) is 1. The van der Waals surface area contributed by atoms with Gasteiger partial charge in [-0.25, -0.2) is 0 Å². The van der Waals surface area contributed by atoms with Gasteiger partial charge in [-0.15, -0.1) is 0 Å². The predicted octanol–water partition coefficient (Wildman–Crippen LogP) is 2.44. The van der Waals surface area contributed by atoms with E-state index in [2.05, 4.69) is 26.0 Å². The van der Waals surface area contributed by atoms with Gasteiger partial charge in [0.05, 0.1) is 5.52 Å². The average molecular weight is 258 g/mol. The van der Waals surface area contributed by atoms with Crippen LogP contribution in [0.3, 0.4) is 0 Å². The molecule has 0 saturated heterocycles. The van der Waals surface area contributed by atoms with Crippen LogP contribution in [0.2, 0.25) is 0 Å². The van der Waals surface area contributed by atoms with E-state index in [9.17, 15) is 4.79 Å². The lowest BCUT2D eigenvalue weighted by atomic mass is 10.0. The molecule has 19 heavy (non-hydrogen) atoms. The van der Waals surface area contributed by atoms with E-state index in [1.165, 1.54) is 5.56 Å². The molecule has 1 aromatic heterocycles. The van der Waals surface area contributed by atoms with E-state index in [0.29, 0.717) is 6.54 Å².